The number of aliphatic hydroxyl groups is 4. The Balaban J connectivity index is 4.34. The molecular formula is C10H19Cl2NO5. The van der Waals surface area contributed by atoms with Gasteiger partial charge in [-0.3, -0.25) is 4.90 Å². The van der Waals surface area contributed by atoms with Crippen LogP contribution >= 0.6 is 23.2 Å². The SMILES string of the molecule is O=C[C@H](O)[C@@H](O)[C@@H](O)[C@H](O)CN(CCCl)CCCl. The molecule has 0 fully saturated rings. The Morgan fingerprint density at radius 3 is 1.89 bits per heavy atom. The number of alkyl halides is 2. The van der Waals surface area contributed by atoms with Crippen molar-refractivity contribution in [3.63, 3.8) is 0 Å². The summed E-state index contributed by atoms with van der Waals surface area (Å²) in [6.07, 6.45) is -6.31. The highest BCUT2D eigenvalue weighted by Crippen LogP contribution is 2.06. The molecule has 4 atom stereocenters. The molecule has 0 rings (SSSR count). The lowest BCUT2D eigenvalue weighted by atomic mass is 10.0. The minimum absolute atomic E-state index is 0.0310. The number of carbonyl (C=O) groups is 1. The van der Waals surface area contributed by atoms with Crippen molar-refractivity contribution in [2.45, 2.75) is 24.4 Å². The number of carbonyl (C=O) groups excluding carboxylic acids is 1. The second-order valence-corrected chi connectivity index (χ2v) is 4.61. The fourth-order valence-electron chi connectivity index (χ4n) is 1.42. The number of hydrogen-bond acceptors (Lipinski definition) is 6. The van der Waals surface area contributed by atoms with Crippen LogP contribution in [0.1, 0.15) is 0 Å². The molecular weight excluding hydrogens is 285 g/mol. The van der Waals surface area contributed by atoms with Crippen molar-refractivity contribution in [2.75, 3.05) is 31.4 Å². The standard InChI is InChI=1S/C10H19Cl2NO5/c11-1-3-13(4-2-12)5-7(15)9(17)10(18)8(16)6-14/h6-10,15-18H,1-5H2/t7-,8+,9+,10-/m1/s1. The molecule has 0 saturated carbocycles. The average molecular weight is 304 g/mol. The largest absolute Gasteiger partial charge is 0.389 e. The lowest BCUT2D eigenvalue weighted by Crippen LogP contribution is -2.49. The summed E-state index contributed by atoms with van der Waals surface area (Å²) in [6.45, 7) is 0.956. The zero-order chi connectivity index (χ0) is 14.1. The van der Waals surface area contributed by atoms with Crippen molar-refractivity contribution in [3.8, 4) is 0 Å². The smallest absolute Gasteiger partial charge is 0.151 e. The Hall–Kier alpha value is 0.0500. The second-order valence-electron chi connectivity index (χ2n) is 3.85. The van der Waals surface area contributed by atoms with E-state index in [1.807, 2.05) is 0 Å². The van der Waals surface area contributed by atoms with Crippen molar-refractivity contribution < 1.29 is 25.2 Å². The third-order valence-corrected chi connectivity index (χ3v) is 2.82. The highest BCUT2D eigenvalue weighted by atomic mass is 35.5. The molecule has 0 spiro atoms. The van der Waals surface area contributed by atoms with Crippen LogP contribution in [0.15, 0.2) is 0 Å². The molecule has 0 aromatic carbocycles. The molecule has 4 N–H and O–H groups in total. The number of hydrogen-bond donors (Lipinski definition) is 4. The van der Waals surface area contributed by atoms with Crippen molar-refractivity contribution in [2.24, 2.45) is 0 Å². The van der Waals surface area contributed by atoms with Gasteiger partial charge in [0.05, 0.1) is 6.10 Å². The van der Waals surface area contributed by atoms with E-state index in [1.54, 1.807) is 4.90 Å². The van der Waals surface area contributed by atoms with Gasteiger partial charge in [-0.25, -0.2) is 0 Å². The van der Waals surface area contributed by atoms with Gasteiger partial charge in [-0.2, -0.15) is 0 Å². The normalized spacial score (nSPS) is 18.4. The highest BCUT2D eigenvalue weighted by molar-refractivity contribution is 6.18. The Morgan fingerprint density at radius 2 is 1.50 bits per heavy atom. The minimum Gasteiger partial charge on any atom is -0.389 e. The number of aliphatic hydroxyl groups excluding tert-OH is 4. The Bertz CT molecular complexity index is 228. The van der Waals surface area contributed by atoms with Crippen LogP contribution in [0.4, 0.5) is 0 Å². The Labute approximate surface area is 116 Å². The van der Waals surface area contributed by atoms with Crippen molar-refractivity contribution in [1.82, 2.24) is 4.90 Å². The van der Waals surface area contributed by atoms with Gasteiger partial charge in [0.1, 0.15) is 18.3 Å². The summed E-state index contributed by atoms with van der Waals surface area (Å²) < 4.78 is 0. The number of halogens is 2. The quantitative estimate of drug-likeness (QED) is 0.287. The Morgan fingerprint density at radius 1 is 1.00 bits per heavy atom. The van der Waals surface area contributed by atoms with E-state index in [0.29, 0.717) is 24.8 Å². The Kier molecular flexibility index (Phi) is 9.94. The van der Waals surface area contributed by atoms with Crippen LogP contribution in [0.5, 0.6) is 0 Å². The molecule has 0 radical (unpaired) electrons. The van der Waals surface area contributed by atoms with Crippen molar-refractivity contribution in [1.29, 1.82) is 0 Å². The molecule has 6 nitrogen and oxygen atoms in total. The fourth-order valence-corrected chi connectivity index (χ4v) is 1.89. The van der Waals surface area contributed by atoms with Crippen molar-refractivity contribution in [3.05, 3.63) is 0 Å². The fraction of sp³-hybridized carbons (Fsp3) is 0.900. The van der Waals surface area contributed by atoms with Crippen LogP contribution in [0, 0.1) is 0 Å². The van der Waals surface area contributed by atoms with Crippen LogP contribution in [0.2, 0.25) is 0 Å². The highest BCUT2D eigenvalue weighted by Gasteiger charge is 2.30. The van der Waals surface area contributed by atoms with E-state index in [2.05, 4.69) is 0 Å². The first-order chi connectivity index (χ1) is 8.47. The summed E-state index contributed by atoms with van der Waals surface area (Å²) in [5, 5.41) is 37.7. The van der Waals surface area contributed by atoms with Gasteiger partial charge in [-0.05, 0) is 0 Å². The van der Waals surface area contributed by atoms with E-state index in [1.165, 1.54) is 0 Å². The molecule has 18 heavy (non-hydrogen) atoms. The summed E-state index contributed by atoms with van der Waals surface area (Å²) in [5.41, 5.74) is 0. The topological polar surface area (TPSA) is 101 Å². The molecule has 0 aromatic heterocycles. The second kappa shape index (κ2) is 9.91. The van der Waals surface area contributed by atoms with Crippen LogP contribution in [-0.4, -0.2) is 87.4 Å². The molecule has 0 heterocycles. The molecule has 0 bridgehead atoms. The first-order valence-corrected chi connectivity index (χ1v) is 6.56. The molecule has 0 aromatic rings. The van der Waals surface area contributed by atoms with Gasteiger partial charge in [0, 0.05) is 31.4 Å². The van der Waals surface area contributed by atoms with E-state index in [-0.39, 0.29) is 12.8 Å². The first-order valence-electron chi connectivity index (χ1n) is 5.49. The zero-order valence-electron chi connectivity index (χ0n) is 9.82. The molecule has 0 unspecified atom stereocenters. The predicted molar refractivity (Wildman–Crippen MR) is 68.0 cm³/mol. The van der Waals surface area contributed by atoms with E-state index in [9.17, 15) is 20.1 Å². The first kappa shape index (κ1) is 18.0. The maximum Gasteiger partial charge on any atom is 0.151 e. The third-order valence-electron chi connectivity index (χ3n) is 2.48. The lowest BCUT2D eigenvalue weighted by Gasteiger charge is -2.29. The summed E-state index contributed by atoms with van der Waals surface area (Å²) in [6, 6.07) is 0. The monoisotopic (exact) mass is 303 g/mol. The van der Waals surface area contributed by atoms with Gasteiger partial charge in [-0.1, -0.05) is 0 Å². The maximum atomic E-state index is 10.3. The van der Waals surface area contributed by atoms with Gasteiger partial charge in [-0.15, -0.1) is 23.2 Å². The summed E-state index contributed by atoms with van der Waals surface area (Å²) in [7, 11) is 0. The van der Waals surface area contributed by atoms with Gasteiger partial charge in [0.2, 0.25) is 0 Å². The number of aldehydes is 1. The summed E-state index contributed by atoms with van der Waals surface area (Å²) >= 11 is 11.1. The van der Waals surface area contributed by atoms with Crippen LogP contribution < -0.4 is 0 Å². The minimum atomic E-state index is -1.73. The number of nitrogens with zero attached hydrogens (tertiary/aromatic N) is 1. The lowest BCUT2D eigenvalue weighted by molar-refractivity contribution is -0.134. The van der Waals surface area contributed by atoms with Gasteiger partial charge < -0.3 is 25.2 Å². The molecule has 0 amide bonds. The molecule has 0 aliphatic heterocycles. The van der Waals surface area contributed by atoms with E-state index < -0.39 is 24.4 Å². The maximum absolute atomic E-state index is 10.3. The molecule has 0 saturated heterocycles. The number of rotatable bonds is 10. The third kappa shape index (κ3) is 6.29. The van der Waals surface area contributed by atoms with Crippen LogP contribution in [0.25, 0.3) is 0 Å². The molecule has 8 heteroatoms. The van der Waals surface area contributed by atoms with Gasteiger partial charge >= 0.3 is 0 Å². The van der Waals surface area contributed by atoms with Crippen LogP contribution in [-0.2, 0) is 4.79 Å². The van der Waals surface area contributed by atoms with Gasteiger partial charge in [0.15, 0.2) is 6.29 Å². The summed E-state index contributed by atoms with van der Waals surface area (Å²) in [5.74, 6) is 0.665. The van der Waals surface area contributed by atoms with E-state index >= 15 is 0 Å². The summed E-state index contributed by atoms with van der Waals surface area (Å²) in [4.78, 5) is 12.0. The van der Waals surface area contributed by atoms with Crippen LogP contribution in [0.3, 0.4) is 0 Å². The van der Waals surface area contributed by atoms with Gasteiger partial charge in [0.25, 0.3) is 0 Å². The molecule has 108 valence electrons. The van der Waals surface area contributed by atoms with E-state index in [4.69, 9.17) is 28.3 Å². The molecule has 0 aliphatic rings. The molecule has 0 aliphatic carbocycles. The predicted octanol–water partition coefficient (Wildman–Crippen LogP) is -1.59. The van der Waals surface area contributed by atoms with Crippen molar-refractivity contribution >= 4 is 29.5 Å². The van der Waals surface area contributed by atoms with E-state index in [0.717, 1.165) is 0 Å². The average Bonchev–Trinajstić information content (AvgIpc) is 2.36. The zero-order valence-corrected chi connectivity index (χ0v) is 11.3.